The van der Waals surface area contributed by atoms with E-state index in [-0.39, 0.29) is 42.0 Å². The van der Waals surface area contributed by atoms with E-state index in [1.54, 1.807) is 24.3 Å². The lowest BCUT2D eigenvalue weighted by Crippen LogP contribution is -2.47. The van der Waals surface area contributed by atoms with Crippen LogP contribution in [0.5, 0.6) is 11.5 Å². The lowest BCUT2D eigenvalue weighted by Gasteiger charge is -2.18. The van der Waals surface area contributed by atoms with Crippen molar-refractivity contribution in [3.63, 3.8) is 0 Å². The van der Waals surface area contributed by atoms with E-state index in [0.29, 0.717) is 24.5 Å². The molecule has 0 unspecified atom stereocenters. The van der Waals surface area contributed by atoms with Gasteiger partial charge in [-0.15, -0.1) is 0 Å². The maximum Gasteiger partial charge on any atom is 0.251 e. The Morgan fingerprint density at radius 3 is 2.03 bits per heavy atom. The van der Waals surface area contributed by atoms with Gasteiger partial charge < -0.3 is 24.8 Å². The fraction of sp³-hybridized carbons (Fsp3) is 0.391. The van der Waals surface area contributed by atoms with Gasteiger partial charge in [0.25, 0.3) is 5.91 Å². The summed E-state index contributed by atoms with van der Waals surface area (Å²) in [6, 6.07) is 16.1. The van der Waals surface area contributed by atoms with Crippen LogP contribution in [0.1, 0.15) is 23.2 Å². The van der Waals surface area contributed by atoms with Gasteiger partial charge in [0.2, 0.25) is 5.91 Å². The summed E-state index contributed by atoms with van der Waals surface area (Å²) < 4.78 is 17.5. The monoisotopic (exact) mass is 408 g/mol. The number of amides is 2. The second kappa shape index (κ2) is 8.08. The number of carbonyl (C=O) groups is 2. The third-order valence-electron chi connectivity index (χ3n) is 5.74. The Balaban J connectivity index is 1.16. The molecule has 156 valence electrons. The Bertz CT molecular complexity index is 913. The van der Waals surface area contributed by atoms with Crippen LogP contribution in [0, 0.1) is 5.92 Å². The molecule has 2 aromatic rings. The van der Waals surface area contributed by atoms with Crippen molar-refractivity contribution in [2.24, 2.45) is 5.92 Å². The zero-order valence-electron chi connectivity index (χ0n) is 16.5. The van der Waals surface area contributed by atoms with E-state index in [2.05, 4.69) is 10.6 Å². The lowest BCUT2D eigenvalue weighted by atomic mass is 10.1. The first-order valence-corrected chi connectivity index (χ1v) is 10.3. The molecule has 1 aliphatic carbocycles. The molecule has 0 radical (unpaired) electrons. The summed E-state index contributed by atoms with van der Waals surface area (Å²) in [7, 11) is 0. The van der Waals surface area contributed by atoms with Crippen molar-refractivity contribution in [1.82, 2.24) is 10.6 Å². The molecule has 7 nitrogen and oxygen atoms in total. The van der Waals surface area contributed by atoms with Crippen LogP contribution in [-0.4, -0.2) is 49.3 Å². The number of hydrogen-bond acceptors (Lipinski definition) is 5. The number of rotatable bonds is 6. The Hall–Kier alpha value is -2.90. The molecular weight excluding hydrogens is 384 g/mol. The van der Waals surface area contributed by atoms with Crippen molar-refractivity contribution in [3.05, 3.63) is 60.2 Å². The van der Waals surface area contributed by atoms with E-state index in [9.17, 15) is 9.59 Å². The molecule has 2 aliphatic heterocycles. The molecule has 2 aromatic carbocycles. The van der Waals surface area contributed by atoms with Crippen LogP contribution in [0.2, 0.25) is 0 Å². The van der Waals surface area contributed by atoms with Gasteiger partial charge in [-0.3, -0.25) is 9.59 Å². The Labute approximate surface area is 174 Å². The van der Waals surface area contributed by atoms with Crippen molar-refractivity contribution in [2.45, 2.75) is 37.1 Å². The third kappa shape index (κ3) is 4.04. The maximum absolute atomic E-state index is 12.7. The zero-order valence-corrected chi connectivity index (χ0v) is 16.5. The van der Waals surface area contributed by atoms with Gasteiger partial charge in [0.1, 0.15) is 23.7 Å². The van der Waals surface area contributed by atoms with Gasteiger partial charge in [0.05, 0.1) is 25.3 Å². The lowest BCUT2D eigenvalue weighted by molar-refractivity contribution is -0.123. The van der Waals surface area contributed by atoms with E-state index in [1.165, 1.54) is 0 Å². The molecule has 0 spiro atoms. The number of carbonyl (C=O) groups excluding carboxylic acids is 2. The van der Waals surface area contributed by atoms with Crippen LogP contribution in [0.3, 0.4) is 0 Å². The van der Waals surface area contributed by atoms with Gasteiger partial charge in [-0.1, -0.05) is 18.2 Å². The van der Waals surface area contributed by atoms with Crippen molar-refractivity contribution >= 4 is 11.8 Å². The molecule has 1 saturated carbocycles. The summed E-state index contributed by atoms with van der Waals surface area (Å²) in [5.41, 5.74) is 0.537. The molecule has 4 atom stereocenters. The van der Waals surface area contributed by atoms with Crippen LogP contribution in [-0.2, 0) is 14.3 Å². The number of nitrogens with one attached hydrogen (secondary N) is 2. The first-order valence-electron chi connectivity index (χ1n) is 10.3. The zero-order chi connectivity index (χ0) is 20.5. The first kappa shape index (κ1) is 19.1. The van der Waals surface area contributed by atoms with E-state index >= 15 is 0 Å². The van der Waals surface area contributed by atoms with Crippen LogP contribution < -0.4 is 15.4 Å². The SMILES string of the molecule is O=C(N[C@H]1CO[C@H]2[C@@H]1OC[C@@H]2NC(=O)C1CC1)c1ccc(Oc2ccccc2)cc1. The number of para-hydroxylation sites is 1. The molecule has 0 bridgehead atoms. The highest BCUT2D eigenvalue weighted by atomic mass is 16.6. The minimum atomic E-state index is -0.251. The predicted octanol–water partition coefficient (Wildman–Crippen LogP) is 2.27. The predicted molar refractivity (Wildman–Crippen MR) is 108 cm³/mol. The summed E-state index contributed by atoms with van der Waals surface area (Å²) in [5.74, 6) is 1.44. The minimum absolute atomic E-state index is 0.0816. The first-order chi connectivity index (χ1) is 14.7. The van der Waals surface area contributed by atoms with E-state index in [4.69, 9.17) is 14.2 Å². The van der Waals surface area contributed by atoms with Crippen LogP contribution in [0.15, 0.2) is 54.6 Å². The highest BCUT2D eigenvalue weighted by Gasteiger charge is 2.49. The normalized spacial score (nSPS) is 27.3. The molecule has 5 rings (SSSR count). The van der Waals surface area contributed by atoms with Gasteiger partial charge >= 0.3 is 0 Å². The average Bonchev–Trinajstić information content (AvgIpc) is 3.44. The number of benzene rings is 2. The molecule has 3 fully saturated rings. The number of hydrogen-bond donors (Lipinski definition) is 2. The van der Waals surface area contributed by atoms with Gasteiger partial charge in [0, 0.05) is 11.5 Å². The van der Waals surface area contributed by atoms with Gasteiger partial charge in [-0.25, -0.2) is 0 Å². The molecule has 3 aliphatic rings. The maximum atomic E-state index is 12.7. The number of fused-ring (bicyclic) bond motifs is 1. The largest absolute Gasteiger partial charge is 0.457 e. The Morgan fingerprint density at radius 2 is 1.40 bits per heavy atom. The molecule has 2 N–H and O–H groups in total. The van der Waals surface area contributed by atoms with Gasteiger partial charge in [0.15, 0.2) is 0 Å². The van der Waals surface area contributed by atoms with E-state index < -0.39 is 0 Å². The van der Waals surface area contributed by atoms with Crippen LogP contribution >= 0.6 is 0 Å². The quantitative estimate of drug-likeness (QED) is 0.766. The molecule has 30 heavy (non-hydrogen) atoms. The Morgan fingerprint density at radius 1 is 0.800 bits per heavy atom. The fourth-order valence-electron chi connectivity index (χ4n) is 3.94. The smallest absolute Gasteiger partial charge is 0.251 e. The highest BCUT2D eigenvalue weighted by molar-refractivity contribution is 5.94. The Kier molecular flexibility index (Phi) is 5.14. The third-order valence-corrected chi connectivity index (χ3v) is 5.74. The summed E-state index contributed by atoms with van der Waals surface area (Å²) in [6.07, 6.45) is 1.45. The van der Waals surface area contributed by atoms with Crippen molar-refractivity contribution in [3.8, 4) is 11.5 Å². The average molecular weight is 408 g/mol. The van der Waals surface area contributed by atoms with Crippen molar-refractivity contribution in [1.29, 1.82) is 0 Å². The summed E-state index contributed by atoms with van der Waals surface area (Å²) in [4.78, 5) is 24.7. The summed E-state index contributed by atoms with van der Waals surface area (Å²) in [5, 5.41) is 6.03. The highest BCUT2D eigenvalue weighted by Crippen LogP contribution is 2.31. The van der Waals surface area contributed by atoms with Crippen molar-refractivity contribution < 1.29 is 23.8 Å². The van der Waals surface area contributed by atoms with Crippen molar-refractivity contribution in [2.75, 3.05) is 13.2 Å². The second-order valence-electron chi connectivity index (χ2n) is 8.00. The van der Waals surface area contributed by atoms with E-state index in [1.807, 2.05) is 30.3 Å². The summed E-state index contributed by atoms with van der Waals surface area (Å²) >= 11 is 0. The topological polar surface area (TPSA) is 85.9 Å². The number of ether oxygens (including phenoxy) is 3. The van der Waals surface area contributed by atoms with Crippen LogP contribution in [0.4, 0.5) is 0 Å². The van der Waals surface area contributed by atoms with Crippen LogP contribution in [0.25, 0.3) is 0 Å². The standard InChI is InChI=1S/C23H24N2O5/c26-22(14-6-7-14)24-18-12-28-21-19(13-29-20(18)21)25-23(27)15-8-10-17(11-9-15)30-16-4-2-1-3-5-16/h1-5,8-11,14,18-21H,6-7,12-13H2,(H,24,26)(H,25,27)/t18-,19-,20+,21+/m0/s1. The molecule has 2 amide bonds. The molecule has 7 heteroatoms. The summed E-state index contributed by atoms with van der Waals surface area (Å²) in [6.45, 7) is 0.776. The van der Waals surface area contributed by atoms with Gasteiger partial charge in [-0.2, -0.15) is 0 Å². The molecular formula is C23H24N2O5. The molecule has 2 heterocycles. The minimum Gasteiger partial charge on any atom is -0.457 e. The molecule has 2 saturated heterocycles. The second-order valence-corrected chi connectivity index (χ2v) is 8.00. The molecule has 0 aromatic heterocycles. The van der Waals surface area contributed by atoms with Gasteiger partial charge in [-0.05, 0) is 49.2 Å². The fourth-order valence-corrected chi connectivity index (χ4v) is 3.94. The van der Waals surface area contributed by atoms with E-state index in [0.717, 1.165) is 18.6 Å².